The van der Waals surface area contributed by atoms with Crippen molar-refractivity contribution in [3.05, 3.63) is 34.9 Å². The van der Waals surface area contributed by atoms with E-state index in [0.717, 1.165) is 17.7 Å². The lowest BCUT2D eigenvalue weighted by molar-refractivity contribution is 0.562. The highest BCUT2D eigenvalue weighted by Crippen LogP contribution is 2.20. The Labute approximate surface area is 104 Å². The van der Waals surface area contributed by atoms with Crippen molar-refractivity contribution in [1.29, 1.82) is 0 Å². The van der Waals surface area contributed by atoms with Crippen LogP contribution in [-0.2, 0) is 9.84 Å². The Balaban J connectivity index is 3.05. The molecular weight excluding hydrogens is 234 g/mol. The summed E-state index contributed by atoms with van der Waals surface area (Å²) < 4.78 is 22.9. The van der Waals surface area contributed by atoms with Crippen molar-refractivity contribution in [1.82, 2.24) is 5.32 Å². The molecule has 1 aromatic rings. The van der Waals surface area contributed by atoms with Gasteiger partial charge in [-0.15, -0.1) is 0 Å². The predicted octanol–water partition coefficient (Wildman–Crippen LogP) is 2.00. The Bertz CT molecular complexity index is 480. The first kappa shape index (κ1) is 14.2. The summed E-state index contributed by atoms with van der Waals surface area (Å²) in [7, 11) is -2.98. The van der Waals surface area contributed by atoms with E-state index in [1.165, 1.54) is 11.8 Å². The molecule has 1 unspecified atom stereocenters. The quantitative estimate of drug-likeness (QED) is 0.875. The van der Waals surface area contributed by atoms with Crippen LogP contribution in [0.2, 0.25) is 0 Å². The Morgan fingerprint density at radius 1 is 1.29 bits per heavy atom. The van der Waals surface area contributed by atoms with Crippen molar-refractivity contribution >= 4 is 9.84 Å². The van der Waals surface area contributed by atoms with Crippen LogP contribution in [0, 0.1) is 13.8 Å². The molecule has 0 bridgehead atoms. The molecule has 1 N–H and O–H groups in total. The Morgan fingerprint density at radius 2 is 1.94 bits per heavy atom. The van der Waals surface area contributed by atoms with E-state index >= 15 is 0 Å². The molecule has 3 nitrogen and oxygen atoms in total. The van der Waals surface area contributed by atoms with Crippen LogP contribution in [0.1, 0.15) is 29.7 Å². The van der Waals surface area contributed by atoms with Crippen LogP contribution >= 0.6 is 0 Å². The third kappa shape index (κ3) is 4.48. The van der Waals surface area contributed by atoms with Crippen molar-refractivity contribution in [2.75, 3.05) is 18.6 Å². The van der Waals surface area contributed by atoms with Crippen LogP contribution < -0.4 is 5.32 Å². The van der Waals surface area contributed by atoms with Crippen LogP contribution in [0.5, 0.6) is 0 Å². The zero-order chi connectivity index (χ0) is 13.1. The van der Waals surface area contributed by atoms with E-state index in [9.17, 15) is 8.42 Å². The summed E-state index contributed by atoms with van der Waals surface area (Å²) in [5.41, 5.74) is 3.41. The lowest BCUT2D eigenvalue weighted by Gasteiger charge is -2.19. The van der Waals surface area contributed by atoms with E-state index < -0.39 is 9.84 Å². The molecule has 0 aliphatic heterocycles. The summed E-state index contributed by atoms with van der Waals surface area (Å²) in [5.74, 6) is 0.144. The molecule has 0 saturated carbocycles. The van der Waals surface area contributed by atoms with Crippen LogP contribution in [-0.4, -0.2) is 27.0 Å². The summed E-state index contributed by atoms with van der Waals surface area (Å²) in [6.45, 7) is 6.80. The van der Waals surface area contributed by atoms with Gasteiger partial charge in [-0.1, -0.05) is 30.7 Å². The van der Waals surface area contributed by atoms with E-state index in [2.05, 4.69) is 11.4 Å². The molecule has 17 heavy (non-hydrogen) atoms. The SMILES string of the molecule is CCNC(CS(C)(=O)=O)c1ccc(C)cc1C. The molecule has 0 spiro atoms. The van der Waals surface area contributed by atoms with Gasteiger partial charge in [-0.3, -0.25) is 0 Å². The largest absolute Gasteiger partial charge is 0.309 e. The number of nitrogens with one attached hydrogen (secondary N) is 1. The normalized spacial score (nSPS) is 13.6. The van der Waals surface area contributed by atoms with Gasteiger partial charge in [0.05, 0.1) is 5.75 Å². The fraction of sp³-hybridized carbons (Fsp3) is 0.538. The molecule has 4 heteroatoms. The summed E-state index contributed by atoms with van der Waals surface area (Å²) in [4.78, 5) is 0. The maximum absolute atomic E-state index is 11.4. The average Bonchev–Trinajstić information content (AvgIpc) is 2.14. The molecule has 0 aliphatic carbocycles. The highest BCUT2D eigenvalue weighted by Gasteiger charge is 2.17. The summed E-state index contributed by atoms with van der Waals surface area (Å²) in [6.07, 6.45) is 1.28. The molecule has 1 rings (SSSR count). The van der Waals surface area contributed by atoms with Crippen molar-refractivity contribution in [3.8, 4) is 0 Å². The fourth-order valence-electron chi connectivity index (χ4n) is 2.02. The molecule has 0 aliphatic rings. The van der Waals surface area contributed by atoms with Gasteiger partial charge in [0, 0.05) is 12.3 Å². The predicted molar refractivity (Wildman–Crippen MR) is 72.0 cm³/mol. The minimum atomic E-state index is -2.98. The van der Waals surface area contributed by atoms with Crippen molar-refractivity contribution in [2.45, 2.75) is 26.8 Å². The molecule has 0 radical (unpaired) electrons. The third-order valence-electron chi connectivity index (χ3n) is 2.72. The molecule has 0 amide bonds. The van der Waals surface area contributed by atoms with E-state index in [4.69, 9.17) is 0 Å². The maximum atomic E-state index is 11.4. The third-order valence-corrected chi connectivity index (χ3v) is 3.66. The van der Waals surface area contributed by atoms with Crippen LogP contribution in [0.3, 0.4) is 0 Å². The zero-order valence-electron chi connectivity index (χ0n) is 10.9. The average molecular weight is 255 g/mol. The smallest absolute Gasteiger partial charge is 0.149 e. The van der Waals surface area contributed by atoms with Crippen molar-refractivity contribution in [3.63, 3.8) is 0 Å². The maximum Gasteiger partial charge on any atom is 0.149 e. The standard InChI is InChI=1S/C13H21NO2S/c1-5-14-13(9-17(4,15)16)12-7-6-10(2)8-11(12)3/h6-8,13-14H,5,9H2,1-4H3. The number of sulfone groups is 1. The number of hydrogen-bond donors (Lipinski definition) is 1. The van der Waals surface area contributed by atoms with Gasteiger partial charge in [-0.05, 0) is 31.5 Å². The highest BCUT2D eigenvalue weighted by molar-refractivity contribution is 7.90. The number of benzene rings is 1. The zero-order valence-corrected chi connectivity index (χ0v) is 11.8. The van der Waals surface area contributed by atoms with E-state index in [0.29, 0.717) is 0 Å². The minimum Gasteiger partial charge on any atom is -0.309 e. The fourth-order valence-corrected chi connectivity index (χ4v) is 2.93. The van der Waals surface area contributed by atoms with Gasteiger partial charge in [-0.25, -0.2) is 8.42 Å². The Hall–Kier alpha value is -0.870. The van der Waals surface area contributed by atoms with Gasteiger partial charge in [-0.2, -0.15) is 0 Å². The van der Waals surface area contributed by atoms with E-state index in [-0.39, 0.29) is 11.8 Å². The summed E-state index contributed by atoms with van der Waals surface area (Å²) in [6, 6.07) is 6.01. The highest BCUT2D eigenvalue weighted by atomic mass is 32.2. The van der Waals surface area contributed by atoms with Gasteiger partial charge >= 0.3 is 0 Å². The van der Waals surface area contributed by atoms with Crippen molar-refractivity contribution < 1.29 is 8.42 Å². The van der Waals surface area contributed by atoms with E-state index in [1.807, 2.05) is 32.9 Å². The second-order valence-corrected chi connectivity index (χ2v) is 6.75. The first-order chi connectivity index (χ1) is 7.83. The lowest BCUT2D eigenvalue weighted by atomic mass is 10.0. The minimum absolute atomic E-state index is 0.115. The van der Waals surface area contributed by atoms with Crippen LogP contribution in [0.15, 0.2) is 18.2 Å². The number of rotatable bonds is 5. The molecule has 0 saturated heterocycles. The van der Waals surface area contributed by atoms with E-state index in [1.54, 1.807) is 0 Å². The second kappa shape index (κ2) is 5.65. The van der Waals surface area contributed by atoms with Crippen LogP contribution in [0.4, 0.5) is 0 Å². The number of hydrogen-bond acceptors (Lipinski definition) is 3. The molecule has 0 heterocycles. The van der Waals surface area contributed by atoms with Gasteiger partial charge < -0.3 is 5.32 Å². The monoisotopic (exact) mass is 255 g/mol. The summed E-state index contributed by atoms with van der Waals surface area (Å²) in [5, 5.41) is 3.24. The Morgan fingerprint density at radius 3 is 2.41 bits per heavy atom. The Kier molecular flexibility index (Phi) is 4.71. The molecule has 0 aromatic heterocycles. The van der Waals surface area contributed by atoms with Crippen LogP contribution in [0.25, 0.3) is 0 Å². The van der Waals surface area contributed by atoms with Gasteiger partial charge in [0.15, 0.2) is 0 Å². The van der Waals surface area contributed by atoms with Gasteiger partial charge in [0.2, 0.25) is 0 Å². The molecule has 1 atom stereocenters. The number of aryl methyl sites for hydroxylation is 2. The van der Waals surface area contributed by atoms with Gasteiger partial charge in [0.1, 0.15) is 9.84 Å². The molecular formula is C13H21NO2S. The second-order valence-electron chi connectivity index (χ2n) is 4.56. The first-order valence-corrected chi connectivity index (χ1v) is 7.88. The molecule has 96 valence electrons. The van der Waals surface area contributed by atoms with Crippen molar-refractivity contribution in [2.24, 2.45) is 0 Å². The topological polar surface area (TPSA) is 46.2 Å². The first-order valence-electron chi connectivity index (χ1n) is 5.81. The molecule has 1 aromatic carbocycles. The summed E-state index contributed by atoms with van der Waals surface area (Å²) >= 11 is 0. The molecule has 0 fully saturated rings. The van der Waals surface area contributed by atoms with Gasteiger partial charge in [0.25, 0.3) is 0 Å². The lowest BCUT2D eigenvalue weighted by Crippen LogP contribution is -2.28.